The summed E-state index contributed by atoms with van der Waals surface area (Å²) in [5, 5.41) is 0. The van der Waals surface area contributed by atoms with Crippen molar-refractivity contribution in [2.24, 2.45) is 5.73 Å². The number of nitrogens with zero attached hydrogens (tertiary/aromatic N) is 4. The Hall–Kier alpha value is -1.76. The topological polar surface area (TPSA) is 75.4 Å². The number of piperazine rings is 1. The minimum atomic E-state index is 0.104. The number of rotatable bonds is 2. The van der Waals surface area contributed by atoms with Crippen LogP contribution in [0.2, 0.25) is 0 Å². The summed E-state index contributed by atoms with van der Waals surface area (Å²) in [4.78, 5) is 23.9. The Morgan fingerprint density at radius 1 is 1.39 bits per heavy atom. The Bertz CT molecular complexity index is 470. The highest BCUT2D eigenvalue weighted by atomic mass is 32.1. The number of anilines is 1. The standard InChI is InChI=1S/C11H15N5OS/c1-8(17)15-4-6-16(7-5-15)11-13-3-2-9(14-11)10(12)18/h2-3H,4-7H2,1H3,(H2,12,18). The van der Waals surface area contributed by atoms with E-state index in [2.05, 4.69) is 9.97 Å². The van der Waals surface area contributed by atoms with Crippen LogP contribution in [0.4, 0.5) is 5.95 Å². The average molecular weight is 265 g/mol. The number of thiocarbonyl (C=S) groups is 1. The van der Waals surface area contributed by atoms with Crippen LogP contribution in [-0.2, 0) is 4.79 Å². The molecule has 1 aromatic heterocycles. The maximum atomic E-state index is 11.2. The zero-order valence-electron chi connectivity index (χ0n) is 10.2. The number of nitrogens with two attached hydrogens (primary N) is 1. The highest BCUT2D eigenvalue weighted by Gasteiger charge is 2.20. The van der Waals surface area contributed by atoms with Gasteiger partial charge >= 0.3 is 0 Å². The van der Waals surface area contributed by atoms with Gasteiger partial charge in [0.1, 0.15) is 10.7 Å². The Balaban J connectivity index is 2.07. The lowest BCUT2D eigenvalue weighted by atomic mass is 10.3. The molecule has 2 rings (SSSR count). The van der Waals surface area contributed by atoms with E-state index in [0.717, 1.165) is 13.1 Å². The van der Waals surface area contributed by atoms with Gasteiger partial charge in [0, 0.05) is 39.3 Å². The molecule has 0 aromatic carbocycles. The van der Waals surface area contributed by atoms with Crippen LogP contribution in [0.3, 0.4) is 0 Å². The van der Waals surface area contributed by atoms with E-state index in [0.29, 0.717) is 24.7 Å². The molecule has 1 fully saturated rings. The summed E-state index contributed by atoms with van der Waals surface area (Å²) in [6.45, 7) is 4.41. The molecule has 2 heterocycles. The molecular weight excluding hydrogens is 250 g/mol. The van der Waals surface area contributed by atoms with Gasteiger partial charge in [0.25, 0.3) is 0 Å². The van der Waals surface area contributed by atoms with E-state index in [9.17, 15) is 4.79 Å². The number of hydrogen-bond acceptors (Lipinski definition) is 5. The summed E-state index contributed by atoms with van der Waals surface area (Å²) in [7, 11) is 0. The van der Waals surface area contributed by atoms with Crippen LogP contribution < -0.4 is 10.6 Å². The van der Waals surface area contributed by atoms with Gasteiger partial charge in [-0.15, -0.1) is 0 Å². The van der Waals surface area contributed by atoms with Crippen LogP contribution in [0.15, 0.2) is 12.3 Å². The van der Waals surface area contributed by atoms with Crippen molar-refractivity contribution < 1.29 is 4.79 Å². The molecule has 1 saturated heterocycles. The third kappa shape index (κ3) is 2.73. The molecule has 0 atom stereocenters. The number of carbonyl (C=O) groups is 1. The van der Waals surface area contributed by atoms with E-state index in [4.69, 9.17) is 18.0 Å². The van der Waals surface area contributed by atoms with Crippen LogP contribution in [0.1, 0.15) is 12.6 Å². The SMILES string of the molecule is CC(=O)N1CCN(c2nccc(C(N)=S)n2)CC1. The largest absolute Gasteiger partial charge is 0.388 e. The van der Waals surface area contributed by atoms with Crippen LogP contribution in [0.25, 0.3) is 0 Å². The van der Waals surface area contributed by atoms with Gasteiger partial charge in [0.15, 0.2) is 0 Å². The van der Waals surface area contributed by atoms with E-state index in [1.165, 1.54) is 0 Å². The van der Waals surface area contributed by atoms with E-state index >= 15 is 0 Å². The lowest BCUT2D eigenvalue weighted by Crippen LogP contribution is -2.48. The normalized spacial score (nSPS) is 15.6. The predicted octanol–water partition coefficient (Wildman–Crippen LogP) is -0.221. The first-order valence-electron chi connectivity index (χ1n) is 5.71. The second-order valence-corrected chi connectivity index (χ2v) is 4.54. The van der Waals surface area contributed by atoms with Crippen molar-refractivity contribution in [1.82, 2.24) is 14.9 Å². The van der Waals surface area contributed by atoms with Crippen molar-refractivity contribution in [3.63, 3.8) is 0 Å². The van der Waals surface area contributed by atoms with Gasteiger partial charge in [-0.1, -0.05) is 12.2 Å². The van der Waals surface area contributed by atoms with Crippen molar-refractivity contribution in [1.29, 1.82) is 0 Å². The third-order valence-electron chi connectivity index (χ3n) is 2.90. The quantitative estimate of drug-likeness (QED) is 0.745. The number of amides is 1. The highest BCUT2D eigenvalue weighted by molar-refractivity contribution is 7.80. The van der Waals surface area contributed by atoms with Gasteiger partial charge in [-0.05, 0) is 6.07 Å². The predicted molar refractivity (Wildman–Crippen MR) is 72.4 cm³/mol. The minimum absolute atomic E-state index is 0.104. The maximum absolute atomic E-state index is 11.2. The maximum Gasteiger partial charge on any atom is 0.226 e. The van der Waals surface area contributed by atoms with Crippen molar-refractivity contribution >= 4 is 29.1 Å². The molecule has 1 aromatic rings. The zero-order chi connectivity index (χ0) is 13.1. The molecule has 0 spiro atoms. The zero-order valence-corrected chi connectivity index (χ0v) is 11.0. The molecule has 1 aliphatic heterocycles. The molecule has 0 aliphatic carbocycles. The Morgan fingerprint density at radius 2 is 2.06 bits per heavy atom. The second kappa shape index (κ2) is 5.26. The Kier molecular flexibility index (Phi) is 3.71. The lowest BCUT2D eigenvalue weighted by Gasteiger charge is -2.34. The van der Waals surface area contributed by atoms with E-state index < -0.39 is 0 Å². The Morgan fingerprint density at radius 3 is 2.61 bits per heavy atom. The van der Waals surface area contributed by atoms with Crippen LogP contribution in [0.5, 0.6) is 0 Å². The fourth-order valence-corrected chi connectivity index (χ4v) is 1.97. The molecule has 6 nitrogen and oxygen atoms in total. The molecule has 0 saturated carbocycles. The van der Waals surface area contributed by atoms with E-state index in [1.807, 2.05) is 9.80 Å². The average Bonchev–Trinajstić information content (AvgIpc) is 2.39. The summed E-state index contributed by atoms with van der Waals surface area (Å²) in [6.07, 6.45) is 1.65. The lowest BCUT2D eigenvalue weighted by molar-refractivity contribution is -0.129. The number of carbonyl (C=O) groups excluding carboxylic acids is 1. The summed E-state index contributed by atoms with van der Waals surface area (Å²) >= 11 is 4.89. The molecule has 0 bridgehead atoms. The minimum Gasteiger partial charge on any atom is -0.388 e. The second-order valence-electron chi connectivity index (χ2n) is 4.10. The summed E-state index contributed by atoms with van der Waals surface area (Å²) in [6, 6.07) is 1.69. The monoisotopic (exact) mass is 265 g/mol. The van der Waals surface area contributed by atoms with Crippen LogP contribution in [0, 0.1) is 0 Å². The van der Waals surface area contributed by atoms with Gasteiger partial charge in [0.2, 0.25) is 11.9 Å². The number of hydrogen-bond donors (Lipinski definition) is 1. The molecule has 7 heteroatoms. The van der Waals surface area contributed by atoms with Crippen LogP contribution in [-0.4, -0.2) is 51.9 Å². The molecule has 1 amide bonds. The summed E-state index contributed by atoms with van der Waals surface area (Å²) < 4.78 is 0. The van der Waals surface area contributed by atoms with E-state index in [1.54, 1.807) is 19.2 Å². The molecule has 1 aliphatic rings. The van der Waals surface area contributed by atoms with Crippen molar-refractivity contribution in [2.45, 2.75) is 6.92 Å². The third-order valence-corrected chi connectivity index (χ3v) is 3.11. The molecule has 0 radical (unpaired) electrons. The van der Waals surface area contributed by atoms with Gasteiger partial charge in [-0.2, -0.15) is 0 Å². The molecule has 96 valence electrons. The Labute approximate surface area is 111 Å². The van der Waals surface area contributed by atoms with Gasteiger partial charge in [-0.3, -0.25) is 4.79 Å². The first kappa shape index (κ1) is 12.7. The van der Waals surface area contributed by atoms with Gasteiger partial charge < -0.3 is 15.5 Å². The first-order valence-corrected chi connectivity index (χ1v) is 6.12. The highest BCUT2D eigenvalue weighted by Crippen LogP contribution is 2.11. The van der Waals surface area contributed by atoms with Gasteiger partial charge in [0.05, 0.1) is 0 Å². The molecule has 18 heavy (non-hydrogen) atoms. The van der Waals surface area contributed by atoms with Crippen molar-refractivity contribution in [3.05, 3.63) is 18.0 Å². The smallest absolute Gasteiger partial charge is 0.226 e. The molecule has 0 unspecified atom stereocenters. The molecular formula is C11H15N5OS. The van der Waals surface area contributed by atoms with E-state index in [-0.39, 0.29) is 10.9 Å². The van der Waals surface area contributed by atoms with Crippen molar-refractivity contribution in [3.8, 4) is 0 Å². The molecule has 2 N–H and O–H groups in total. The van der Waals surface area contributed by atoms with Crippen molar-refractivity contribution in [2.75, 3.05) is 31.1 Å². The summed E-state index contributed by atoms with van der Waals surface area (Å²) in [5.74, 6) is 0.718. The fourth-order valence-electron chi connectivity index (χ4n) is 1.86. The number of aromatic nitrogens is 2. The van der Waals surface area contributed by atoms with Crippen LogP contribution >= 0.6 is 12.2 Å². The fraction of sp³-hybridized carbons (Fsp3) is 0.455. The van der Waals surface area contributed by atoms with Gasteiger partial charge in [-0.25, -0.2) is 9.97 Å². The summed E-state index contributed by atoms with van der Waals surface area (Å²) in [5.41, 5.74) is 6.12. The first-order chi connectivity index (χ1) is 8.58.